The molecule has 1 aromatic heterocycles. The Balaban J connectivity index is 1.76. The van der Waals surface area contributed by atoms with Crippen molar-refractivity contribution < 1.29 is 0 Å². The first kappa shape index (κ1) is 13.9. The minimum Gasteiger partial charge on any atom is -0.368 e. The molecule has 3 heteroatoms. The Labute approximate surface area is 122 Å². The van der Waals surface area contributed by atoms with Crippen LogP contribution in [0.3, 0.4) is 0 Å². The molecule has 2 unspecified atom stereocenters. The van der Waals surface area contributed by atoms with Gasteiger partial charge in [0, 0.05) is 42.3 Å². The van der Waals surface area contributed by atoms with E-state index in [4.69, 9.17) is 0 Å². The third kappa shape index (κ3) is 2.83. The number of fused-ring (bicyclic) bond motifs is 2. The number of nitrogens with zero attached hydrogens (tertiary/aromatic N) is 2. The third-order valence-corrected chi connectivity index (χ3v) is 4.69. The maximum absolute atomic E-state index is 4.50. The largest absolute Gasteiger partial charge is 0.368 e. The zero-order chi connectivity index (χ0) is 14.1. The second-order valence-electron chi connectivity index (χ2n) is 6.96. The highest BCUT2D eigenvalue weighted by Crippen LogP contribution is 2.41. The summed E-state index contributed by atoms with van der Waals surface area (Å²) in [5, 5.41) is 3.56. The van der Waals surface area contributed by atoms with Crippen LogP contribution in [0.1, 0.15) is 44.4 Å². The van der Waals surface area contributed by atoms with Crippen molar-refractivity contribution >= 4 is 5.69 Å². The number of hydrogen-bond donors (Lipinski definition) is 1. The molecule has 2 bridgehead atoms. The highest BCUT2D eigenvalue weighted by Gasteiger charge is 2.38. The van der Waals surface area contributed by atoms with E-state index in [-0.39, 0.29) is 0 Å². The van der Waals surface area contributed by atoms with E-state index in [1.807, 2.05) is 0 Å². The molecule has 0 radical (unpaired) electrons. The molecule has 1 aliphatic heterocycles. The average molecular weight is 273 g/mol. The molecule has 1 aliphatic carbocycles. The van der Waals surface area contributed by atoms with Gasteiger partial charge >= 0.3 is 0 Å². The van der Waals surface area contributed by atoms with Gasteiger partial charge in [-0.2, -0.15) is 0 Å². The maximum atomic E-state index is 4.50. The molecule has 0 amide bonds. The van der Waals surface area contributed by atoms with Gasteiger partial charge in [-0.25, -0.2) is 0 Å². The molecule has 0 spiro atoms. The predicted octanol–water partition coefficient (Wildman–Crippen LogP) is 3.12. The molecule has 2 aliphatic rings. The summed E-state index contributed by atoms with van der Waals surface area (Å²) in [5.41, 5.74) is 3.93. The summed E-state index contributed by atoms with van der Waals surface area (Å²) in [6.45, 7) is 9.87. The number of hydrogen-bond acceptors (Lipinski definition) is 3. The van der Waals surface area contributed by atoms with Crippen molar-refractivity contribution in [3.63, 3.8) is 0 Å². The number of rotatable bonds is 5. The van der Waals surface area contributed by atoms with Crippen LogP contribution < -0.4 is 10.2 Å². The Morgan fingerprint density at radius 1 is 1.40 bits per heavy atom. The van der Waals surface area contributed by atoms with Gasteiger partial charge in [0.1, 0.15) is 0 Å². The van der Waals surface area contributed by atoms with Crippen molar-refractivity contribution in [3.05, 3.63) is 23.5 Å². The lowest BCUT2D eigenvalue weighted by Gasteiger charge is -2.31. The SMILES string of the molecule is Cc1cc(N2CC3CCC2C3)c(CNCC(C)C)cn1. The lowest BCUT2D eigenvalue weighted by Crippen LogP contribution is -2.33. The number of nitrogens with one attached hydrogen (secondary N) is 1. The summed E-state index contributed by atoms with van der Waals surface area (Å²) in [4.78, 5) is 7.15. The van der Waals surface area contributed by atoms with E-state index in [1.165, 1.54) is 37.1 Å². The zero-order valence-corrected chi connectivity index (χ0v) is 13.0. The van der Waals surface area contributed by atoms with E-state index in [0.29, 0.717) is 5.92 Å². The van der Waals surface area contributed by atoms with E-state index >= 15 is 0 Å². The summed E-state index contributed by atoms with van der Waals surface area (Å²) in [6.07, 6.45) is 6.29. The monoisotopic (exact) mass is 273 g/mol. The quantitative estimate of drug-likeness (QED) is 0.893. The van der Waals surface area contributed by atoms with Gasteiger partial charge in [0.2, 0.25) is 0 Å². The molecule has 3 nitrogen and oxygen atoms in total. The minimum absolute atomic E-state index is 0.694. The summed E-state index contributed by atoms with van der Waals surface area (Å²) in [6, 6.07) is 3.07. The minimum atomic E-state index is 0.694. The number of piperidine rings is 1. The summed E-state index contributed by atoms with van der Waals surface area (Å²) >= 11 is 0. The normalized spacial score (nSPS) is 24.9. The topological polar surface area (TPSA) is 28.2 Å². The fourth-order valence-corrected chi connectivity index (χ4v) is 3.69. The van der Waals surface area contributed by atoms with Gasteiger partial charge in [0.25, 0.3) is 0 Å². The number of pyridine rings is 1. The van der Waals surface area contributed by atoms with Gasteiger partial charge < -0.3 is 10.2 Å². The molecular formula is C17H27N3. The van der Waals surface area contributed by atoms with Crippen LogP contribution in [-0.4, -0.2) is 24.1 Å². The fourth-order valence-electron chi connectivity index (χ4n) is 3.69. The zero-order valence-electron chi connectivity index (χ0n) is 13.0. The lowest BCUT2D eigenvalue weighted by atomic mass is 10.1. The maximum Gasteiger partial charge on any atom is 0.0448 e. The Kier molecular flexibility index (Phi) is 3.97. The van der Waals surface area contributed by atoms with E-state index < -0.39 is 0 Å². The smallest absolute Gasteiger partial charge is 0.0448 e. The van der Waals surface area contributed by atoms with Crippen LogP contribution in [0, 0.1) is 18.8 Å². The number of aryl methyl sites for hydroxylation is 1. The fraction of sp³-hybridized carbons (Fsp3) is 0.706. The van der Waals surface area contributed by atoms with Crippen LogP contribution in [0.25, 0.3) is 0 Å². The van der Waals surface area contributed by atoms with Gasteiger partial charge in [-0.05, 0) is 50.6 Å². The molecule has 0 aromatic carbocycles. The molecule has 2 heterocycles. The van der Waals surface area contributed by atoms with Gasteiger partial charge in [0.15, 0.2) is 0 Å². The van der Waals surface area contributed by atoms with Crippen LogP contribution in [-0.2, 0) is 6.54 Å². The predicted molar refractivity (Wildman–Crippen MR) is 84.0 cm³/mol. The van der Waals surface area contributed by atoms with Crippen molar-refractivity contribution in [3.8, 4) is 0 Å². The second-order valence-corrected chi connectivity index (χ2v) is 6.96. The molecule has 3 rings (SSSR count). The Bertz CT molecular complexity index is 469. The molecule has 2 fully saturated rings. The molecule has 2 atom stereocenters. The van der Waals surface area contributed by atoms with Crippen molar-refractivity contribution in [1.82, 2.24) is 10.3 Å². The Morgan fingerprint density at radius 2 is 2.25 bits per heavy atom. The standard InChI is InChI=1S/C17H27N3/c1-12(2)8-18-9-15-10-19-13(3)6-17(15)20-11-14-4-5-16(20)7-14/h6,10,12,14,16,18H,4-5,7-9,11H2,1-3H3. The third-order valence-electron chi connectivity index (χ3n) is 4.69. The molecule has 1 saturated heterocycles. The molecule has 1 N–H and O–H groups in total. The summed E-state index contributed by atoms with van der Waals surface area (Å²) in [5.74, 6) is 1.63. The van der Waals surface area contributed by atoms with E-state index in [2.05, 4.69) is 48.2 Å². The molecule has 1 aromatic rings. The first-order chi connectivity index (χ1) is 9.63. The molecular weight excluding hydrogens is 246 g/mol. The Hall–Kier alpha value is -1.09. The van der Waals surface area contributed by atoms with Crippen LogP contribution in [0.4, 0.5) is 5.69 Å². The highest BCUT2D eigenvalue weighted by molar-refractivity contribution is 5.56. The molecule has 110 valence electrons. The first-order valence-electron chi connectivity index (χ1n) is 8.06. The van der Waals surface area contributed by atoms with Gasteiger partial charge in [-0.3, -0.25) is 4.98 Å². The van der Waals surface area contributed by atoms with Crippen LogP contribution in [0.5, 0.6) is 0 Å². The van der Waals surface area contributed by atoms with Gasteiger partial charge in [-0.1, -0.05) is 13.8 Å². The van der Waals surface area contributed by atoms with Crippen molar-refractivity contribution in [2.75, 3.05) is 18.0 Å². The van der Waals surface area contributed by atoms with E-state index in [0.717, 1.165) is 30.7 Å². The molecule has 20 heavy (non-hydrogen) atoms. The average Bonchev–Trinajstić information content (AvgIpc) is 3.02. The summed E-state index contributed by atoms with van der Waals surface area (Å²) < 4.78 is 0. The van der Waals surface area contributed by atoms with Crippen molar-refractivity contribution in [2.24, 2.45) is 11.8 Å². The Morgan fingerprint density at radius 3 is 2.90 bits per heavy atom. The van der Waals surface area contributed by atoms with Crippen LogP contribution in [0.2, 0.25) is 0 Å². The van der Waals surface area contributed by atoms with Crippen molar-refractivity contribution in [1.29, 1.82) is 0 Å². The van der Waals surface area contributed by atoms with E-state index in [9.17, 15) is 0 Å². The van der Waals surface area contributed by atoms with Crippen LogP contribution >= 0.6 is 0 Å². The van der Waals surface area contributed by atoms with Gasteiger partial charge in [-0.15, -0.1) is 0 Å². The number of aromatic nitrogens is 1. The molecule has 1 saturated carbocycles. The number of anilines is 1. The second kappa shape index (κ2) is 5.72. The highest BCUT2D eigenvalue weighted by atomic mass is 15.2. The first-order valence-corrected chi connectivity index (χ1v) is 8.06. The van der Waals surface area contributed by atoms with Crippen LogP contribution in [0.15, 0.2) is 12.3 Å². The van der Waals surface area contributed by atoms with Crippen molar-refractivity contribution in [2.45, 2.75) is 52.6 Å². The lowest BCUT2D eigenvalue weighted by molar-refractivity contribution is 0.541. The van der Waals surface area contributed by atoms with Gasteiger partial charge in [0.05, 0.1) is 0 Å². The van der Waals surface area contributed by atoms with E-state index in [1.54, 1.807) is 0 Å². The summed E-state index contributed by atoms with van der Waals surface area (Å²) in [7, 11) is 0.